The van der Waals surface area contributed by atoms with Gasteiger partial charge in [0.05, 0.1) is 5.69 Å². The second kappa shape index (κ2) is 6.02. The molecule has 5 heteroatoms. The highest BCUT2D eigenvalue weighted by molar-refractivity contribution is 9.10. The molecule has 0 spiro atoms. The number of halogens is 1. The summed E-state index contributed by atoms with van der Waals surface area (Å²) in [5, 5.41) is 20.1. The standard InChI is InChI=1S/C13H22BrN2O2/c1-9(2)16(10(3)17,11(4)18)15-13-7-5-6-12(14)8-13/h5-11,15,17-18H,1-4H3/q+1. The molecule has 0 fully saturated rings. The zero-order chi connectivity index (χ0) is 13.9. The van der Waals surface area contributed by atoms with E-state index in [9.17, 15) is 10.2 Å². The molecule has 4 nitrogen and oxygen atoms in total. The second-order valence-electron chi connectivity index (χ2n) is 4.81. The molecule has 3 N–H and O–H groups in total. The third kappa shape index (κ3) is 3.03. The first-order chi connectivity index (χ1) is 8.30. The molecule has 2 atom stereocenters. The Kier molecular flexibility index (Phi) is 5.16. The van der Waals surface area contributed by atoms with Crippen LogP contribution in [0.2, 0.25) is 0 Å². The van der Waals surface area contributed by atoms with Gasteiger partial charge in [0.1, 0.15) is 6.04 Å². The zero-order valence-electron chi connectivity index (χ0n) is 11.3. The fourth-order valence-electron chi connectivity index (χ4n) is 2.27. The van der Waals surface area contributed by atoms with Crippen LogP contribution >= 0.6 is 15.9 Å². The molecule has 0 radical (unpaired) electrons. The highest BCUT2D eigenvalue weighted by atomic mass is 79.9. The maximum absolute atomic E-state index is 10.1. The summed E-state index contributed by atoms with van der Waals surface area (Å²) in [7, 11) is 0. The van der Waals surface area contributed by atoms with Gasteiger partial charge in [-0.2, -0.15) is 4.59 Å². The summed E-state index contributed by atoms with van der Waals surface area (Å²) in [4.78, 5) is 0. The van der Waals surface area contributed by atoms with Gasteiger partial charge in [-0.3, -0.25) is 0 Å². The Hall–Kier alpha value is -0.620. The minimum Gasteiger partial charge on any atom is -0.343 e. The van der Waals surface area contributed by atoms with Crippen LogP contribution in [-0.4, -0.2) is 33.3 Å². The average molecular weight is 318 g/mol. The molecule has 102 valence electrons. The third-order valence-electron chi connectivity index (χ3n) is 3.24. The third-order valence-corrected chi connectivity index (χ3v) is 3.73. The average Bonchev–Trinajstić information content (AvgIpc) is 2.24. The van der Waals surface area contributed by atoms with E-state index in [1.165, 1.54) is 0 Å². The van der Waals surface area contributed by atoms with Crippen LogP contribution in [0.1, 0.15) is 27.7 Å². The van der Waals surface area contributed by atoms with Gasteiger partial charge in [-0.05, 0) is 32.0 Å². The van der Waals surface area contributed by atoms with Crippen molar-refractivity contribution in [2.24, 2.45) is 0 Å². The van der Waals surface area contributed by atoms with Crippen LogP contribution in [0.25, 0.3) is 0 Å². The first-order valence-corrected chi connectivity index (χ1v) is 6.88. The van der Waals surface area contributed by atoms with Gasteiger partial charge in [-0.25, -0.2) is 5.43 Å². The fourth-order valence-corrected chi connectivity index (χ4v) is 2.67. The number of hydrogen-bond donors (Lipinski definition) is 3. The minimum absolute atomic E-state index is 0.00352. The van der Waals surface area contributed by atoms with Crippen LogP contribution in [0.3, 0.4) is 0 Å². The lowest BCUT2D eigenvalue weighted by atomic mass is 10.2. The van der Waals surface area contributed by atoms with Crippen molar-refractivity contribution in [3.05, 3.63) is 28.7 Å². The van der Waals surface area contributed by atoms with Gasteiger partial charge in [-0.1, -0.05) is 22.0 Å². The quantitative estimate of drug-likeness (QED) is 0.444. The van der Waals surface area contributed by atoms with Crippen molar-refractivity contribution in [2.45, 2.75) is 46.2 Å². The Morgan fingerprint density at radius 3 is 2.06 bits per heavy atom. The topological polar surface area (TPSA) is 52.5 Å². The van der Waals surface area contributed by atoms with Gasteiger partial charge in [0.15, 0.2) is 0 Å². The molecule has 0 amide bonds. The van der Waals surface area contributed by atoms with Gasteiger partial charge in [0.25, 0.3) is 0 Å². The predicted octanol–water partition coefficient (Wildman–Crippen LogP) is 2.68. The molecule has 0 saturated carbocycles. The molecule has 0 heterocycles. The second-order valence-corrected chi connectivity index (χ2v) is 5.73. The number of aliphatic hydroxyl groups excluding tert-OH is 2. The van der Waals surface area contributed by atoms with Gasteiger partial charge in [-0.15, -0.1) is 0 Å². The van der Waals surface area contributed by atoms with E-state index in [4.69, 9.17) is 0 Å². The van der Waals surface area contributed by atoms with E-state index >= 15 is 0 Å². The maximum atomic E-state index is 10.1. The molecule has 0 aromatic heterocycles. The van der Waals surface area contributed by atoms with Crippen LogP contribution in [0.4, 0.5) is 5.69 Å². The largest absolute Gasteiger partial charge is 0.343 e. The van der Waals surface area contributed by atoms with E-state index in [1.807, 2.05) is 38.1 Å². The first kappa shape index (κ1) is 15.4. The molecule has 0 aliphatic carbocycles. The van der Waals surface area contributed by atoms with Crippen LogP contribution < -0.4 is 5.43 Å². The highest BCUT2D eigenvalue weighted by Gasteiger charge is 2.42. The zero-order valence-corrected chi connectivity index (χ0v) is 12.8. The van der Waals surface area contributed by atoms with E-state index in [0.29, 0.717) is 0 Å². The van der Waals surface area contributed by atoms with Crippen LogP contribution in [-0.2, 0) is 0 Å². The smallest absolute Gasteiger partial charge is 0.212 e. The van der Waals surface area contributed by atoms with Crippen molar-refractivity contribution >= 4 is 21.6 Å². The summed E-state index contributed by atoms with van der Waals surface area (Å²) in [6.45, 7) is 7.28. The number of hydrogen-bond acceptors (Lipinski definition) is 3. The summed E-state index contributed by atoms with van der Waals surface area (Å²) in [5.74, 6) is 0. The van der Waals surface area contributed by atoms with Crippen molar-refractivity contribution in [1.82, 2.24) is 0 Å². The highest BCUT2D eigenvalue weighted by Crippen LogP contribution is 2.25. The molecular weight excluding hydrogens is 296 g/mol. The number of quaternary nitrogens is 1. The van der Waals surface area contributed by atoms with Crippen molar-refractivity contribution in [3.8, 4) is 0 Å². The molecule has 18 heavy (non-hydrogen) atoms. The molecule has 1 aromatic carbocycles. The number of nitrogens with zero attached hydrogens (tertiary/aromatic N) is 1. The summed E-state index contributed by atoms with van der Waals surface area (Å²) in [6.07, 6.45) is -1.46. The van der Waals surface area contributed by atoms with Crippen molar-refractivity contribution in [3.63, 3.8) is 0 Å². The van der Waals surface area contributed by atoms with Gasteiger partial charge >= 0.3 is 0 Å². The minimum atomic E-state index is -0.732. The number of anilines is 1. The molecule has 1 aromatic rings. The maximum Gasteiger partial charge on any atom is 0.212 e. The molecule has 0 saturated heterocycles. The Morgan fingerprint density at radius 2 is 1.67 bits per heavy atom. The number of aliphatic hydroxyl groups is 2. The molecular formula is C13H22BrN2O2+. The van der Waals surface area contributed by atoms with Gasteiger partial charge in [0.2, 0.25) is 12.5 Å². The Balaban J connectivity index is 3.12. The molecule has 0 aliphatic heterocycles. The number of rotatable bonds is 5. The summed E-state index contributed by atoms with van der Waals surface area (Å²) in [5.41, 5.74) is 4.09. The summed E-state index contributed by atoms with van der Waals surface area (Å²) in [6, 6.07) is 7.68. The summed E-state index contributed by atoms with van der Waals surface area (Å²) < 4.78 is 0.946. The SMILES string of the molecule is CC(C)[N+](Nc1cccc(Br)c1)(C(C)O)C(C)O. The van der Waals surface area contributed by atoms with Crippen molar-refractivity contribution < 1.29 is 14.8 Å². The lowest BCUT2D eigenvalue weighted by Gasteiger charge is -2.45. The van der Waals surface area contributed by atoms with E-state index in [0.717, 1.165) is 10.2 Å². The van der Waals surface area contributed by atoms with Crippen molar-refractivity contribution in [2.75, 3.05) is 5.43 Å². The number of benzene rings is 1. The molecule has 1 rings (SSSR count). The first-order valence-electron chi connectivity index (χ1n) is 6.08. The van der Waals surface area contributed by atoms with Crippen LogP contribution in [0.15, 0.2) is 28.7 Å². The lowest BCUT2D eigenvalue weighted by molar-refractivity contribution is -1.01. The Morgan fingerprint density at radius 1 is 1.11 bits per heavy atom. The number of nitrogens with one attached hydrogen (secondary N) is 1. The fraction of sp³-hybridized carbons (Fsp3) is 0.538. The summed E-state index contributed by atoms with van der Waals surface area (Å²) >= 11 is 3.41. The molecule has 0 aliphatic rings. The normalized spacial score (nSPS) is 18.2. The van der Waals surface area contributed by atoms with Crippen molar-refractivity contribution in [1.29, 1.82) is 0 Å². The monoisotopic (exact) mass is 317 g/mol. The van der Waals surface area contributed by atoms with Gasteiger partial charge in [0, 0.05) is 18.3 Å². The van der Waals surface area contributed by atoms with Crippen LogP contribution in [0, 0.1) is 0 Å². The van der Waals surface area contributed by atoms with Gasteiger partial charge < -0.3 is 10.2 Å². The predicted molar refractivity (Wildman–Crippen MR) is 76.5 cm³/mol. The van der Waals surface area contributed by atoms with E-state index < -0.39 is 12.5 Å². The van der Waals surface area contributed by atoms with E-state index in [1.54, 1.807) is 13.8 Å². The van der Waals surface area contributed by atoms with Crippen LogP contribution in [0.5, 0.6) is 0 Å². The Labute approximate surface area is 117 Å². The lowest BCUT2D eigenvalue weighted by Crippen LogP contribution is -2.66. The van der Waals surface area contributed by atoms with E-state index in [-0.39, 0.29) is 10.6 Å². The van der Waals surface area contributed by atoms with E-state index in [2.05, 4.69) is 21.4 Å². The molecule has 0 bridgehead atoms. The molecule has 2 unspecified atom stereocenters. The Bertz CT molecular complexity index is 373.